The first-order valence-electron chi connectivity index (χ1n) is 4.99. The minimum atomic E-state index is 1.31. The summed E-state index contributed by atoms with van der Waals surface area (Å²) in [5, 5.41) is 0. The van der Waals surface area contributed by atoms with Crippen molar-refractivity contribution in [2.24, 2.45) is 0 Å². The Morgan fingerprint density at radius 1 is 1.07 bits per heavy atom. The van der Waals surface area contributed by atoms with E-state index in [4.69, 9.17) is 0 Å². The van der Waals surface area contributed by atoms with Crippen LogP contribution in [0.3, 0.4) is 0 Å². The van der Waals surface area contributed by atoms with E-state index < -0.39 is 0 Å². The van der Waals surface area contributed by atoms with E-state index in [0.717, 1.165) is 0 Å². The first-order chi connectivity index (χ1) is 6.56. The number of hydrogen-bond donors (Lipinski definition) is 0. The molecule has 14 heavy (non-hydrogen) atoms. The predicted octanol–water partition coefficient (Wildman–Crippen LogP) is 3.58. The summed E-state index contributed by atoms with van der Waals surface area (Å²) in [4.78, 5) is 2.17. The molecule has 0 atom stereocenters. The van der Waals surface area contributed by atoms with Crippen LogP contribution in [0.4, 0.5) is 5.69 Å². The molecule has 0 fully saturated rings. The SMILES string of the molecule is C/C=C\N(C)c1c(C)cc(C)cc1C. The van der Waals surface area contributed by atoms with Gasteiger partial charge in [0.15, 0.2) is 0 Å². The molecule has 0 saturated heterocycles. The van der Waals surface area contributed by atoms with Gasteiger partial charge < -0.3 is 4.90 Å². The summed E-state index contributed by atoms with van der Waals surface area (Å²) in [5.74, 6) is 0. The number of allylic oxidation sites excluding steroid dienone is 1. The van der Waals surface area contributed by atoms with Gasteiger partial charge in [-0.25, -0.2) is 0 Å². The third-order valence-corrected chi connectivity index (χ3v) is 2.36. The number of anilines is 1. The van der Waals surface area contributed by atoms with E-state index in [-0.39, 0.29) is 0 Å². The monoisotopic (exact) mass is 189 g/mol. The highest BCUT2D eigenvalue weighted by Crippen LogP contribution is 2.25. The molecule has 0 saturated carbocycles. The summed E-state index contributed by atoms with van der Waals surface area (Å²) in [5.41, 5.74) is 5.32. The molecule has 1 aromatic carbocycles. The summed E-state index contributed by atoms with van der Waals surface area (Å²) >= 11 is 0. The number of aryl methyl sites for hydroxylation is 3. The van der Waals surface area contributed by atoms with E-state index in [1.807, 2.05) is 6.92 Å². The molecule has 0 aliphatic heterocycles. The molecule has 0 N–H and O–H groups in total. The second-order valence-corrected chi connectivity index (χ2v) is 3.84. The predicted molar refractivity (Wildman–Crippen MR) is 63.9 cm³/mol. The quantitative estimate of drug-likeness (QED) is 0.687. The third-order valence-electron chi connectivity index (χ3n) is 2.36. The van der Waals surface area contributed by atoms with Crippen LogP contribution in [0, 0.1) is 20.8 Å². The first kappa shape index (κ1) is 10.8. The highest BCUT2D eigenvalue weighted by atomic mass is 15.1. The smallest absolute Gasteiger partial charge is 0.0462 e. The molecule has 76 valence electrons. The molecule has 0 spiro atoms. The first-order valence-corrected chi connectivity index (χ1v) is 4.99. The summed E-state index contributed by atoms with van der Waals surface area (Å²) < 4.78 is 0. The summed E-state index contributed by atoms with van der Waals surface area (Å²) in [6.07, 6.45) is 4.14. The lowest BCUT2D eigenvalue weighted by Crippen LogP contribution is -2.11. The van der Waals surface area contributed by atoms with Crippen LogP contribution in [0.5, 0.6) is 0 Å². The van der Waals surface area contributed by atoms with Crippen molar-refractivity contribution in [1.82, 2.24) is 0 Å². The van der Waals surface area contributed by atoms with E-state index in [0.29, 0.717) is 0 Å². The molecule has 1 aromatic rings. The molecule has 0 amide bonds. The minimum Gasteiger partial charge on any atom is -0.351 e. The Morgan fingerprint density at radius 2 is 1.57 bits per heavy atom. The zero-order valence-electron chi connectivity index (χ0n) is 9.76. The van der Waals surface area contributed by atoms with E-state index >= 15 is 0 Å². The topological polar surface area (TPSA) is 3.24 Å². The van der Waals surface area contributed by atoms with Gasteiger partial charge in [0.05, 0.1) is 0 Å². The van der Waals surface area contributed by atoms with Crippen LogP contribution in [-0.2, 0) is 0 Å². The van der Waals surface area contributed by atoms with Crippen molar-refractivity contribution in [2.75, 3.05) is 11.9 Å². The average Bonchev–Trinajstić information content (AvgIpc) is 2.01. The largest absolute Gasteiger partial charge is 0.351 e. The lowest BCUT2D eigenvalue weighted by atomic mass is 10.0. The van der Waals surface area contributed by atoms with Gasteiger partial charge in [0.2, 0.25) is 0 Å². The Balaban J connectivity index is 3.20. The van der Waals surface area contributed by atoms with Crippen molar-refractivity contribution in [1.29, 1.82) is 0 Å². The van der Waals surface area contributed by atoms with Gasteiger partial charge in [-0.15, -0.1) is 0 Å². The van der Waals surface area contributed by atoms with Gasteiger partial charge in [0.25, 0.3) is 0 Å². The van der Waals surface area contributed by atoms with E-state index in [2.05, 4.69) is 57.1 Å². The molecule has 0 heterocycles. The molecule has 1 nitrogen and oxygen atoms in total. The molecule has 0 aliphatic rings. The van der Waals surface area contributed by atoms with Gasteiger partial charge in [0.1, 0.15) is 0 Å². The maximum absolute atomic E-state index is 2.22. The second-order valence-electron chi connectivity index (χ2n) is 3.84. The highest BCUT2D eigenvalue weighted by Gasteiger charge is 2.05. The van der Waals surface area contributed by atoms with Crippen LogP contribution in [0.25, 0.3) is 0 Å². The lowest BCUT2D eigenvalue weighted by Gasteiger charge is -2.20. The molecule has 0 unspecified atom stereocenters. The zero-order valence-corrected chi connectivity index (χ0v) is 9.76. The van der Waals surface area contributed by atoms with E-state index in [1.165, 1.54) is 22.4 Å². The molecular weight excluding hydrogens is 170 g/mol. The number of nitrogens with zero attached hydrogens (tertiary/aromatic N) is 1. The number of rotatable bonds is 2. The van der Waals surface area contributed by atoms with Gasteiger partial charge in [-0.05, 0) is 45.0 Å². The third kappa shape index (κ3) is 2.16. The van der Waals surface area contributed by atoms with Gasteiger partial charge >= 0.3 is 0 Å². The lowest BCUT2D eigenvalue weighted by molar-refractivity contribution is 1.14. The second kappa shape index (κ2) is 4.32. The fraction of sp³-hybridized carbons (Fsp3) is 0.385. The molecular formula is C13H19N. The van der Waals surface area contributed by atoms with E-state index in [1.54, 1.807) is 0 Å². The van der Waals surface area contributed by atoms with Gasteiger partial charge in [-0.1, -0.05) is 23.8 Å². The van der Waals surface area contributed by atoms with E-state index in [9.17, 15) is 0 Å². The van der Waals surface area contributed by atoms with Crippen LogP contribution in [-0.4, -0.2) is 7.05 Å². The number of benzene rings is 1. The molecule has 1 heteroatoms. The summed E-state index contributed by atoms with van der Waals surface area (Å²) in [7, 11) is 2.09. The van der Waals surface area contributed by atoms with Gasteiger partial charge in [-0.2, -0.15) is 0 Å². The number of hydrogen-bond acceptors (Lipinski definition) is 1. The van der Waals surface area contributed by atoms with Crippen LogP contribution in [0.15, 0.2) is 24.4 Å². The highest BCUT2D eigenvalue weighted by molar-refractivity contribution is 5.61. The Labute approximate surface area is 87.1 Å². The fourth-order valence-electron chi connectivity index (χ4n) is 2.03. The molecule has 0 aromatic heterocycles. The summed E-state index contributed by atoms with van der Waals surface area (Å²) in [6, 6.07) is 4.45. The van der Waals surface area contributed by atoms with Gasteiger partial charge in [-0.3, -0.25) is 0 Å². The average molecular weight is 189 g/mol. The standard InChI is InChI=1S/C13H19N/c1-6-7-14(5)13-11(3)8-10(2)9-12(13)4/h6-9H,1-5H3/b7-6-. The molecule has 1 rings (SSSR count). The maximum atomic E-state index is 2.22. The van der Waals surface area contributed by atoms with Crippen LogP contribution >= 0.6 is 0 Å². The van der Waals surface area contributed by atoms with Crippen molar-refractivity contribution in [3.63, 3.8) is 0 Å². The molecule has 0 bridgehead atoms. The van der Waals surface area contributed by atoms with Crippen molar-refractivity contribution in [2.45, 2.75) is 27.7 Å². The Hall–Kier alpha value is -1.24. The maximum Gasteiger partial charge on any atom is 0.0462 e. The minimum absolute atomic E-state index is 1.31. The fourth-order valence-corrected chi connectivity index (χ4v) is 2.03. The van der Waals surface area contributed by atoms with Crippen LogP contribution < -0.4 is 4.90 Å². The van der Waals surface area contributed by atoms with Crippen molar-refractivity contribution < 1.29 is 0 Å². The Bertz CT molecular complexity index is 327. The van der Waals surface area contributed by atoms with Crippen molar-refractivity contribution in [3.8, 4) is 0 Å². The summed E-state index contributed by atoms with van der Waals surface area (Å²) in [6.45, 7) is 8.50. The normalized spacial score (nSPS) is 10.9. The Kier molecular flexibility index (Phi) is 3.34. The molecule has 0 aliphatic carbocycles. The zero-order chi connectivity index (χ0) is 10.7. The molecule has 0 radical (unpaired) electrons. The Morgan fingerprint density at radius 3 is 2.00 bits per heavy atom. The van der Waals surface area contributed by atoms with Crippen molar-refractivity contribution in [3.05, 3.63) is 41.1 Å². The van der Waals surface area contributed by atoms with Crippen LogP contribution in [0.1, 0.15) is 23.6 Å². The van der Waals surface area contributed by atoms with Crippen LogP contribution in [0.2, 0.25) is 0 Å². The van der Waals surface area contributed by atoms with Crippen molar-refractivity contribution >= 4 is 5.69 Å². The van der Waals surface area contributed by atoms with Gasteiger partial charge in [0, 0.05) is 12.7 Å².